The number of phenols is 1. The molecule has 0 saturated carbocycles. The predicted octanol–water partition coefficient (Wildman–Crippen LogP) is 1.10. The fourth-order valence-corrected chi connectivity index (χ4v) is 3.12. The molecule has 9 heteroatoms. The molecule has 2 aromatic carbocycles. The second-order valence-corrected chi connectivity index (χ2v) is 7.28. The number of rotatable bonds is 5. The van der Waals surface area contributed by atoms with Crippen molar-refractivity contribution < 1.29 is 32.0 Å². The molecule has 3 rings (SSSR count). The van der Waals surface area contributed by atoms with E-state index in [0.717, 1.165) is 6.26 Å². The summed E-state index contributed by atoms with van der Waals surface area (Å²) in [6.45, 7) is -0.403. The van der Waals surface area contributed by atoms with E-state index in [1.54, 1.807) is 0 Å². The van der Waals surface area contributed by atoms with Crippen LogP contribution in [-0.2, 0) is 14.3 Å². The molecule has 1 aliphatic carbocycles. The van der Waals surface area contributed by atoms with Crippen molar-refractivity contribution >= 4 is 27.4 Å². The van der Waals surface area contributed by atoms with Crippen molar-refractivity contribution in [1.29, 1.82) is 0 Å². The van der Waals surface area contributed by atoms with E-state index in [2.05, 4.69) is 4.18 Å². The van der Waals surface area contributed by atoms with Crippen LogP contribution in [-0.4, -0.2) is 44.6 Å². The van der Waals surface area contributed by atoms with Crippen LogP contribution in [0, 0.1) is 0 Å². The Balaban J connectivity index is 1.98. The maximum Gasteiger partial charge on any atom is 0.264 e. The standard InChI is InChI=1S/C17H15NO7S/c1-26(22,23)25-8-7-24-12-4-2-3-9-13(12)17(21)15-11(19)6-5-10(18)14(15)16(9)20/h2-6,19H,7-8,18H2,1H3. The third-order valence-corrected chi connectivity index (χ3v) is 4.40. The molecule has 136 valence electrons. The normalized spacial score (nSPS) is 13.3. The quantitative estimate of drug-likeness (QED) is 0.292. The minimum atomic E-state index is -3.61. The minimum Gasteiger partial charge on any atom is -0.507 e. The number of nitrogen functional groups attached to an aromatic ring is 1. The Kier molecular flexibility index (Phi) is 4.43. The molecular formula is C17H15NO7S. The van der Waals surface area contributed by atoms with Crippen LogP contribution in [0.2, 0.25) is 0 Å². The fourth-order valence-electron chi connectivity index (χ4n) is 2.75. The summed E-state index contributed by atoms with van der Waals surface area (Å²) in [5, 5.41) is 10.0. The van der Waals surface area contributed by atoms with Crippen LogP contribution in [0.1, 0.15) is 31.8 Å². The summed E-state index contributed by atoms with van der Waals surface area (Å²) < 4.78 is 31.9. The molecule has 0 unspecified atom stereocenters. The number of nitrogens with two attached hydrogens (primary N) is 1. The van der Waals surface area contributed by atoms with Crippen LogP contribution >= 0.6 is 0 Å². The minimum absolute atomic E-state index is 0.00902. The first-order valence-corrected chi connectivity index (χ1v) is 9.33. The molecule has 0 atom stereocenters. The third-order valence-electron chi connectivity index (χ3n) is 3.81. The Morgan fingerprint density at radius 2 is 1.73 bits per heavy atom. The second kappa shape index (κ2) is 6.43. The van der Waals surface area contributed by atoms with E-state index >= 15 is 0 Å². The third kappa shape index (κ3) is 3.14. The first kappa shape index (κ1) is 17.9. The number of benzene rings is 2. The molecule has 2 aromatic rings. The zero-order chi connectivity index (χ0) is 19.1. The number of hydrogen-bond acceptors (Lipinski definition) is 8. The lowest BCUT2D eigenvalue weighted by Gasteiger charge is -2.22. The zero-order valence-corrected chi connectivity index (χ0v) is 14.5. The van der Waals surface area contributed by atoms with Crippen LogP contribution in [0.4, 0.5) is 5.69 Å². The SMILES string of the molecule is CS(=O)(=O)OCCOc1cccc2c1C(=O)c1c(O)ccc(N)c1C2=O. The molecule has 1 aliphatic rings. The summed E-state index contributed by atoms with van der Waals surface area (Å²) in [5.74, 6) is -1.36. The van der Waals surface area contributed by atoms with Gasteiger partial charge in [-0.25, -0.2) is 0 Å². The highest BCUT2D eigenvalue weighted by Crippen LogP contribution is 2.39. The molecular weight excluding hydrogens is 362 g/mol. The van der Waals surface area contributed by atoms with Crippen molar-refractivity contribution in [2.75, 3.05) is 25.2 Å². The smallest absolute Gasteiger partial charge is 0.264 e. The van der Waals surface area contributed by atoms with E-state index < -0.39 is 21.7 Å². The van der Waals surface area contributed by atoms with Crippen LogP contribution < -0.4 is 10.5 Å². The number of ketones is 2. The van der Waals surface area contributed by atoms with E-state index in [1.807, 2.05) is 0 Å². The van der Waals surface area contributed by atoms with E-state index in [9.17, 15) is 23.1 Å². The molecule has 26 heavy (non-hydrogen) atoms. The Bertz CT molecular complexity index is 1030. The van der Waals surface area contributed by atoms with Crippen molar-refractivity contribution in [3.63, 3.8) is 0 Å². The Morgan fingerprint density at radius 1 is 1.00 bits per heavy atom. The average molecular weight is 377 g/mol. The van der Waals surface area contributed by atoms with Gasteiger partial charge in [0.2, 0.25) is 5.78 Å². The largest absolute Gasteiger partial charge is 0.507 e. The summed E-state index contributed by atoms with van der Waals surface area (Å²) in [5.41, 5.74) is 5.77. The van der Waals surface area contributed by atoms with Gasteiger partial charge in [-0.1, -0.05) is 12.1 Å². The number of phenolic OH excluding ortho intramolecular Hbond substituents is 1. The zero-order valence-electron chi connectivity index (χ0n) is 13.7. The van der Waals surface area contributed by atoms with Crippen LogP contribution in [0.5, 0.6) is 11.5 Å². The van der Waals surface area contributed by atoms with Crippen LogP contribution in [0.3, 0.4) is 0 Å². The summed E-state index contributed by atoms with van der Waals surface area (Å²) >= 11 is 0. The molecule has 0 spiro atoms. The highest BCUT2D eigenvalue weighted by atomic mass is 32.2. The lowest BCUT2D eigenvalue weighted by molar-refractivity contribution is 0.0973. The maximum atomic E-state index is 12.9. The summed E-state index contributed by atoms with van der Waals surface area (Å²) in [6.07, 6.45) is 0.906. The lowest BCUT2D eigenvalue weighted by Crippen LogP contribution is -2.24. The molecule has 0 amide bonds. The number of carbonyl (C=O) groups is 2. The number of anilines is 1. The summed E-state index contributed by atoms with van der Waals surface area (Å²) in [4.78, 5) is 25.6. The van der Waals surface area contributed by atoms with E-state index in [0.29, 0.717) is 0 Å². The molecule has 0 bridgehead atoms. The first-order valence-electron chi connectivity index (χ1n) is 7.51. The van der Waals surface area contributed by atoms with Gasteiger partial charge in [-0.05, 0) is 18.2 Å². The highest BCUT2D eigenvalue weighted by molar-refractivity contribution is 7.85. The maximum absolute atomic E-state index is 12.9. The molecule has 8 nitrogen and oxygen atoms in total. The fraction of sp³-hybridized carbons (Fsp3) is 0.176. The Hall–Kier alpha value is -2.91. The summed E-state index contributed by atoms with van der Waals surface area (Å²) in [7, 11) is -3.61. The van der Waals surface area contributed by atoms with Gasteiger partial charge in [0.05, 0.1) is 22.9 Å². The number of carbonyl (C=O) groups excluding carboxylic acids is 2. The van der Waals surface area contributed by atoms with Crippen molar-refractivity contribution in [3.8, 4) is 11.5 Å². The molecule has 0 heterocycles. The van der Waals surface area contributed by atoms with Crippen molar-refractivity contribution in [3.05, 3.63) is 52.6 Å². The monoisotopic (exact) mass is 377 g/mol. The van der Waals surface area contributed by atoms with E-state index in [1.165, 1.54) is 30.3 Å². The van der Waals surface area contributed by atoms with Gasteiger partial charge in [-0.2, -0.15) is 8.42 Å². The molecule has 0 fully saturated rings. The molecule has 0 aromatic heterocycles. The van der Waals surface area contributed by atoms with Crippen LogP contribution in [0.25, 0.3) is 0 Å². The van der Waals surface area contributed by atoms with Gasteiger partial charge >= 0.3 is 0 Å². The predicted molar refractivity (Wildman–Crippen MR) is 92.1 cm³/mol. The van der Waals surface area contributed by atoms with Crippen LogP contribution in [0.15, 0.2) is 30.3 Å². The Labute approximate surface area is 149 Å². The van der Waals surface area contributed by atoms with Gasteiger partial charge in [0.25, 0.3) is 10.1 Å². The van der Waals surface area contributed by atoms with E-state index in [4.69, 9.17) is 10.5 Å². The number of ether oxygens (including phenoxy) is 1. The van der Waals surface area contributed by atoms with Crippen molar-refractivity contribution in [2.24, 2.45) is 0 Å². The average Bonchev–Trinajstić information content (AvgIpc) is 2.57. The van der Waals surface area contributed by atoms with Crippen molar-refractivity contribution in [1.82, 2.24) is 0 Å². The van der Waals surface area contributed by atoms with Gasteiger partial charge in [-0.3, -0.25) is 13.8 Å². The van der Waals surface area contributed by atoms with Gasteiger partial charge in [0.15, 0.2) is 5.78 Å². The highest BCUT2D eigenvalue weighted by Gasteiger charge is 2.35. The lowest BCUT2D eigenvalue weighted by atomic mass is 9.82. The Morgan fingerprint density at radius 3 is 2.42 bits per heavy atom. The van der Waals surface area contributed by atoms with Gasteiger partial charge in [0.1, 0.15) is 24.7 Å². The molecule has 0 radical (unpaired) electrons. The molecule has 3 N–H and O–H groups in total. The van der Waals surface area contributed by atoms with E-state index in [-0.39, 0.29) is 52.7 Å². The number of aromatic hydroxyl groups is 1. The second-order valence-electron chi connectivity index (χ2n) is 5.64. The topological polar surface area (TPSA) is 133 Å². The first-order chi connectivity index (χ1) is 12.2. The molecule has 0 saturated heterocycles. The van der Waals surface area contributed by atoms with Crippen molar-refractivity contribution in [2.45, 2.75) is 0 Å². The number of fused-ring (bicyclic) bond motifs is 2. The molecule has 0 aliphatic heterocycles. The summed E-state index contributed by atoms with van der Waals surface area (Å²) in [6, 6.07) is 7.06. The van der Waals surface area contributed by atoms with Gasteiger partial charge in [-0.15, -0.1) is 0 Å². The number of hydrogen-bond donors (Lipinski definition) is 2. The van der Waals surface area contributed by atoms with Gasteiger partial charge < -0.3 is 15.6 Å². The van der Waals surface area contributed by atoms with Gasteiger partial charge in [0, 0.05) is 11.3 Å².